The first-order valence-corrected chi connectivity index (χ1v) is 10.1. The molecule has 0 saturated heterocycles. The first kappa shape index (κ1) is 19.8. The molecule has 0 aromatic heterocycles. The Morgan fingerprint density at radius 3 is 2.23 bits per heavy atom. The van der Waals surface area contributed by atoms with Crippen molar-refractivity contribution in [2.24, 2.45) is 0 Å². The molecule has 0 atom stereocenters. The smallest absolute Gasteiger partial charge is 0.338 e. The lowest BCUT2D eigenvalue weighted by atomic mass is 10.2. The zero-order valence-corrected chi connectivity index (χ0v) is 15.7. The van der Waals surface area contributed by atoms with Crippen LogP contribution in [-0.2, 0) is 21.2 Å². The molecule has 0 spiro atoms. The molecule has 0 unspecified atom stereocenters. The van der Waals surface area contributed by atoms with Crippen LogP contribution in [0.3, 0.4) is 0 Å². The van der Waals surface area contributed by atoms with Gasteiger partial charge in [0.05, 0.1) is 12.2 Å². The minimum atomic E-state index is -3.55. The Balaban J connectivity index is 1.86. The maximum Gasteiger partial charge on any atom is 0.338 e. The van der Waals surface area contributed by atoms with Gasteiger partial charge in [-0.15, -0.1) is 0 Å². The van der Waals surface area contributed by atoms with E-state index in [9.17, 15) is 13.2 Å². The predicted molar refractivity (Wildman–Crippen MR) is 101 cm³/mol. The van der Waals surface area contributed by atoms with Gasteiger partial charge in [-0.2, -0.15) is 0 Å². The van der Waals surface area contributed by atoms with Crippen molar-refractivity contribution in [2.45, 2.75) is 20.3 Å². The van der Waals surface area contributed by atoms with Crippen molar-refractivity contribution in [3.8, 4) is 5.75 Å². The van der Waals surface area contributed by atoms with Crippen molar-refractivity contribution < 1.29 is 22.7 Å². The summed E-state index contributed by atoms with van der Waals surface area (Å²) in [5.41, 5.74) is 1.94. The van der Waals surface area contributed by atoms with Crippen molar-refractivity contribution in [2.75, 3.05) is 23.7 Å². The fourth-order valence-corrected chi connectivity index (χ4v) is 3.11. The van der Waals surface area contributed by atoms with Gasteiger partial charge in [0, 0.05) is 5.69 Å². The number of benzene rings is 2. The SMILES string of the molecule is CCOC(=O)c1ccc(NS(=O)(=O)CCOc2ccc(CC)cc2)cc1. The largest absolute Gasteiger partial charge is 0.492 e. The molecule has 0 bridgehead atoms. The van der Waals surface area contributed by atoms with E-state index in [0.29, 0.717) is 17.0 Å². The Kier molecular flexibility index (Phi) is 7.03. The number of rotatable bonds is 9. The van der Waals surface area contributed by atoms with Gasteiger partial charge in [0.25, 0.3) is 0 Å². The standard InChI is InChI=1S/C19H23NO5S/c1-3-15-5-11-18(12-6-15)25-13-14-26(22,23)20-17-9-7-16(8-10-17)19(21)24-4-2/h5-12,20H,3-4,13-14H2,1-2H3. The van der Waals surface area contributed by atoms with Crippen LogP contribution in [0.2, 0.25) is 0 Å². The fraction of sp³-hybridized carbons (Fsp3) is 0.316. The number of ether oxygens (including phenoxy) is 2. The van der Waals surface area contributed by atoms with Gasteiger partial charge in [-0.3, -0.25) is 4.72 Å². The highest BCUT2D eigenvalue weighted by molar-refractivity contribution is 7.92. The number of hydrogen-bond donors (Lipinski definition) is 1. The Morgan fingerprint density at radius 1 is 1.00 bits per heavy atom. The summed E-state index contributed by atoms with van der Waals surface area (Å²) >= 11 is 0. The van der Waals surface area contributed by atoms with Crippen LogP contribution in [0.4, 0.5) is 5.69 Å². The van der Waals surface area contributed by atoms with Crippen molar-refractivity contribution in [1.82, 2.24) is 0 Å². The van der Waals surface area contributed by atoms with Crippen LogP contribution >= 0.6 is 0 Å². The summed E-state index contributed by atoms with van der Waals surface area (Å²) in [4.78, 5) is 11.6. The monoisotopic (exact) mass is 377 g/mol. The van der Waals surface area contributed by atoms with Crippen molar-refractivity contribution in [3.05, 3.63) is 59.7 Å². The summed E-state index contributed by atoms with van der Waals surface area (Å²) in [7, 11) is -3.55. The Bertz CT molecular complexity index is 814. The van der Waals surface area contributed by atoms with E-state index in [4.69, 9.17) is 9.47 Å². The Morgan fingerprint density at radius 2 is 1.65 bits per heavy atom. The summed E-state index contributed by atoms with van der Waals surface area (Å²) in [5.74, 6) is 0.0166. The average molecular weight is 377 g/mol. The van der Waals surface area contributed by atoms with E-state index in [-0.39, 0.29) is 19.0 Å². The summed E-state index contributed by atoms with van der Waals surface area (Å²) in [6.07, 6.45) is 0.938. The molecule has 0 fully saturated rings. The van der Waals surface area contributed by atoms with E-state index in [1.54, 1.807) is 6.92 Å². The van der Waals surface area contributed by atoms with E-state index in [1.165, 1.54) is 29.8 Å². The van der Waals surface area contributed by atoms with Gasteiger partial charge in [-0.05, 0) is 55.3 Å². The summed E-state index contributed by atoms with van der Waals surface area (Å²) in [5, 5.41) is 0. The van der Waals surface area contributed by atoms with E-state index in [1.807, 2.05) is 24.3 Å². The van der Waals surface area contributed by atoms with Crippen LogP contribution in [0.5, 0.6) is 5.75 Å². The average Bonchev–Trinajstić information content (AvgIpc) is 2.62. The molecule has 2 aromatic rings. The first-order valence-electron chi connectivity index (χ1n) is 8.43. The highest BCUT2D eigenvalue weighted by Gasteiger charge is 2.12. The molecular weight excluding hydrogens is 354 g/mol. The number of esters is 1. The van der Waals surface area contributed by atoms with Crippen LogP contribution in [0.25, 0.3) is 0 Å². The van der Waals surface area contributed by atoms with Crippen molar-refractivity contribution >= 4 is 21.7 Å². The van der Waals surface area contributed by atoms with Gasteiger partial charge in [0.1, 0.15) is 18.1 Å². The highest BCUT2D eigenvalue weighted by atomic mass is 32.2. The van der Waals surface area contributed by atoms with E-state index in [2.05, 4.69) is 11.6 Å². The number of anilines is 1. The van der Waals surface area contributed by atoms with E-state index < -0.39 is 16.0 Å². The third kappa shape index (κ3) is 6.07. The second kappa shape index (κ2) is 9.24. The van der Waals surface area contributed by atoms with Crippen LogP contribution in [-0.4, -0.2) is 33.4 Å². The number of aryl methyl sites for hydroxylation is 1. The summed E-state index contributed by atoms with van der Waals surface area (Å²) in [6, 6.07) is 13.6. The van der Waals surface area contributed by atoms with Gasteiger partial charge in [-0.1, -0.05) is 19.1 Å². The molecule has 0 aliphatic heterocycles. The molecule has 0 radical (unpaired) electrons. The second-order valence-electron chi connectivity index (χ2n) is 5.56. The minimum Gasteiger partial charge on any atom is -0.492 e. The zero-order valence-electron chi connectivity index (χ0n) is 14.9. The van der Waals surface area contributed by atoms with Gasteiger partial charge < -0.3 is 9.47 Å². The van der Waals surface area contributed by atoms with E-state index >= 15 is 0 Å². The molecule has 1 N–H and O–H groups in total. The molecule has 0 amide bonds. The molecule has 2 rings (SSSR count). The Labute approximate surface area is 154 Å². The van der Waals surface area contributed by atoms with Crippen LogP contribution in [0.1, 0.15) is 29.8 Å². The summed E-state index contributed by atoms with van der Waals surface area (Å²) < 4.78 is 37.1. The maximum absolute atomic E-state index is 12.1. The molecule has 0 heterocycles. The highest BCUT2D eigenvalue weighted by Crippen LogP contribution is 2.14. The van der Waals surface area contributed by atoms with Crippen molar-refractivity contribution in [3.63, 3.8) is 0 Å². The number of nitrogens with one attached hydrogen (secondary N) is 1. The first-order chi connectivity index (χ1) is 12.4. The lowest BCUT2D eigenvalue weighted by Gasteiger charge is -2.10. The third-order valence-electron chi connectivity index (χ3n) is 3.62. The molecule has 26 heavy (non-hydrogen) atoms. The van der Waals surface area contributed by atoms with E-state index in [0.717, 1.165) is 6.42 Å². The van der Waals surface area contributed by atoms with Gasteiger partial charge in [0.15, 0.2) is 0 Å². The van der Waals surface area contributed by atoms with Gasteiger partial charge >= 0.3 is 5.97 Å². The molecule has 140 valence electrons. The number of carbonyl (C=O) groups is 1. The lowest BCUT2D eigenvalue weighted by molar-refractivity contribution is 0.0526. The third-order valence-corrected chi connectivity index (χ3v) is 4.87. The van der Waals surface area contributed by atoms with Crippen LogP contribution in [0.15, 0.2) is 48.5 Å². The minimum absolute atomic E-state index is 0.0434. The maximum atomic E-state index is 12.1. The molecule has 2 aromatic carbocycles. The molecule has 0 aliphatic rings. The molecular formula is C19H23NO5S. The number of carbonyl (C=O) groups excluding carboxylic acids is 1. The van der Waals surface area contributed by atoms with Crippen LogP contribution in [0, 0.1) is 0 Å². The molecule has 0 aliphatic carbocycles. The van der Waals surface area contributed by atoms with Gasteiger partial charge in [0.2, 0.25) is 10.0 Å². The Hall–Kier alpha value is -2.54. The van der Waals surface area contributed by atoms with Gasteiger partial charge in [-0.25, -0.2) is 13.2 Å². The molecule has 0 saturated carbocycles. The number of sulfonamides is 1. The topological polar surface area (TPSA) is 81.7 Å². The molecule has 6 nitrogen and oxygen atoms in total. The second-order valence-corrected chi connectivity index (χ2v) is 7.41. The summed E-state index contributed by atoms with van der Waals surface area (Å²) in [6.45, 7) is 4.12. The lowest BCUT2D eigenvalue weighted by Crippen LogP contribution is -2.21. The normalized spacial score (nSPS) is 11.0. The number of hydrogen-bond acceptors (Lipinski definition) is 5. The molecule has 7 heteroatoms. The quantitative estimate of drug-likeness (QED) is 0.679. The van der Waals surface area contributed by atoms with Crippen molar-refractivity contribution in [1.29, 1.82) is 0 Å². The zero-order chi connectivity index (χ0) is 19.0. The van der Waals surface area contributed by atoms with Crippen LogP contribution < -0.4 is 9.46 Å². The predicted octanol–water partition coefficient (Wildman–Crippen LogP) is 3.25. The fourth-order valence-electron chi connectivity index (χ4n) is 2.21.